The maximum atomic E-state index is 5.30. The van der Waals surface area contributed by atoms with Crippen molar-refractivity contribution in [2.45, 2.75) is 26.8 Å². The first-order valence-electron chi connectivity index (χ1n) is 7.37. The number of nitrogens with zero attached hydrogens (tertiary/aromatic N) is 1. The highest BCUT2D eigenvalue weighted by atomic mass is 127. The molecule has 5 nitrogen and oxygen atoms in total. The van der Waals surface area contributed by atoms with Crippen LogP contribution in [0.2, 0.25) is 0 Å². The lowest BCUT2D eigenvalue weighted by Crippen LogP contribution is -2.37. The zero-order valence-corrected chi connectivity index (χ0v) is 16.3. The lowest BCUT2D eigenvalue weighted by molar-refractivity contribution is 0.145. The number of aliphatic imine (C=N–C) groups is 1. The van der Waals surface area contributed by atoms with E-state index in [1.807, 2.05) is 19.9 Å². The Morgan fingerprint density at radius 2 is 2.05 bits per heavy atom. The Hall–Kier alpha value is -1.02. The molecule has 0 fully saturated rings. The minimum atomic E-state index is 0. The molecule has 6 heteroatoms. The first kappa shape index (κ1) is 21.0. The third kappa shape index (κ3) is 7.84. The van der Waals surface area contributed by atoms with E-state index in [0.717, 1.165) is 50.0 Å². The fourth-order valence-corrected chi connectivity index (χ4v) is 1.98. The van der Waals surface area contributed by atoms with Gasteiger partial charge in [-0.1, -0.05) is 12.1 Å². The molecule has 0 aliphatic rings. The smallest absolute Gasteiger partial charge is 0.191 e. The van der Waals surface area contributed by atoms with Gasteiger partial charge in [0.05, 0.1) is 7.11 Å². The molecule has 0 spiro atoms. The van der Waals surface area contributed by atoms with E-state index in [1.54, 1.807) is 14.2 Å². The molecule has 1 aromatic carbocycles. The van der Waals surface area contributed by atoms with Gasteiger partial charge >= 0.3 is 0 Å². The summed E-state index contributed by atoms with van der Waals surface area (Å²) in [4.78, 5) is 4.21. The Morgan fingerprint density at radius 1 is 1.27 bits per heavy atom. The highest BCUT2D eigenvalue weighted by Crippen LogP contribution is 2.18. The molecule has 0 saturated heterocycles. The number of hydrogen-bond donors (Lipinski definition) is 2. The molecule has 0 atom stereocenters. The van der Waals surface area contributed by atoms with Crippen LogP contribution in [0, 0.1) is 6.92 Å². The van der Waals surface area contributed by atoms with Crippen LogP contribution in [0.15, 0.2) is 23.2 Å². The average Bonchev–Trinajstić information content (AvgIpc) is 2.50. The van der Waals surface area contributed by atoms with Crippen molar-refractivity contribution in [1.82, 2.24) is 10.6 Å². The van der Waals surface area contributed by atoms with Gasteiger partial charge < -0.3 is 20.1 Å². The van der Waals surface area contributed by atoms with E-state index < -0.39 is 0 Å². The molecule has 1 aromatic rings. The highest BCUT2D eigenvalue weighted by molar-refractivity contribution is 14.0. The number of guanidine groups is 1. The van der Waals surface area contributed by atoms with Gasteiger partial charge in [0, 0.05) is 33.4 Å². The minimum absolute atomic E-state index is 0. The predicted molar refractivity (Wildman–Crippen MR) is 102 cm³/mol. The molecule has 1 rings (SSSR count). The Bertz CT molecular complexity index is 453. The molecule has 0 aromatic heterocycles. The number of methoxy groups -OCH3 is 1. The lowest BCUT2D eigenvalue weighted by Gasteiger charge is -2.13. The fraction of sp³-hybridized carbons (Fsp3) is 0.562. The van der Waals surface area contributed by atoms with Gasteiger partial charge in [-0.05, 0) is 37.5 Å². The van der Waals surface area contributed by atoms with Crippen molar-refractivity contribution >= 4 is 29.9 Å². The molecule has 126 valence electrons. The van der Waals surface area contributed by atoms with Crippen molar-refractivity contribution in [3.8, 4) is 5.75 Å². The predicted octanol–water partition coefficient (Wildman–Crippen LogP) is 2.71. The maximum absolute atomic E-state index is 5.30. The van der Waals surface area contributed by atoms with E-state index in [9.17, 15) is 0 Å². The van der Waals surface area contributed by atoms with Crippen LogP contribution in [0.5, 0.6) is 5.75 Å². The summed E-state index contributed by atoms with van der Waals surface area (Å²) in [5.41, 5.74) is 2.34. The van der Waals surface area contributed by atoms with Crippen LogP contribution in [0.4, 0.5) is 0 Å². The second-order valence-electron chi connectivity index (χ2n) is 4.71. The molecule has 0 radical (unpaired) electrons. The van der Waals surface area contributed by atoms with Crippen molar-refractivity contribution in [2.75, 3.05) is 33.9 Å². The van der Waals surface area contributed by atoms with Crippen LogP contribution < -0.4 is 15.4 Å². The molecule has 0 aliphatic heterocycles. The molecule has 22 heavy (non-hydrogen) atoms. The van der Waals surface area contributed by atoms with Crippen molar-refractivity contribution in [3.05, 3.63) is 29.3 Å². The number of hydrogen-bond acceptors (Lipinski definition) is 3. The third-order valence-corrected chi connectivity index (χ3v) is 3.10. The van der Waals surface area contributed by atoms with Crippen molar-refractivity contribution in [3.63, 3.8) is 0 Å². The van der Waals surface area contributed by atoms with Crippen LogP contribution in [-0.2, 0) is 11.3 Å². The van der Waals surface area contributed by atoms with Crippen LogP contribution in [0.3, 0.4) is 0 Å². The van der Waals surface area contributed by atoms with E-state index in [2.05, 4.69) is 27.8 Å². The van der Waals surface area contributed by atoms with Crippen LogP contribution in [-0.4, -0.2) is 39.9 Å². The minimum Gasteiger partial charge on any atom is -0.496 e. The highest BCUT2D eigenvalue weighted by Gasteiger charge is 2.01. The Morgan fingerprint density at radius 3 is 2.64 bits per heavy atom. The van der Waals surface area contributed by atoms with Crippen LogP contribution >= 0.6 is 24.0 Å². The van der Waals surface area contributed by atoms with E-state index in [-0.39, 0.29) is 24.0 Å². The molecule has 0 unspecified atom stereocenters. The fourth-order valence-electron chi connectivity index (χ4n) is 1.98. The second-order valence-corrected chi connectivity index (χ2v) is 4.71. The number of rotatable bonds is 8. The van der Waals surface area contributed by atoms with Crippen LogP contribution in [0.1, 0.15) is 24.5 Å². The van der Waals surface area contributed by atoms with Crippen molar-refractivity contribution in [1.29, 1.82) is 0 Å². The van der Waals surface area contributed by atoms with Gasteiger partial charge in [0.15, 0.2) is 5.96 Å². The van der Waals surface area contributed by atoms with E-state index in [4.69, 9.17) is 9.47 Å². The summed E-state index contributed by atoms with van der Waals surface area (Å²) in [6.07, 6.45) is 0.968. The third-order valence-electron chi connectivity index (χ3n) is 3.10. The lowest BCUT2D eigenvalue weighted by atomic mass is 10.1. The van der Waals surface area contributed by atoms with E-state index in [1.165, 1.54) is 5.56 Å². The van der Waals surface area contributed by atoms with Gasteiger partial charge in [-0.2, -0.15) is 0 Å². The SMILES string of the molecule is CCOCCCNC(=NC)NCc1ccc(OC)c(C)c1.I. The maximum Gasteiger partial charge on any atom is 0.191 e. The summed E-state index contributed by atoms with van der Waals surface area (Å²) < 4.78 is 10.6. The summed E-state index contributed by atoms with van der Waals surface area (Å²) in [5.74, 6) is 1.72. The molecular weight excluding hydrogens is 393 g/mol. The van der Waals surface area contributed by atoms with Gasteiger partial charge in [0.1, 0.15) is 5.75 Å². The Balaban J connectivity index is 0.00000441. The second kappa shape index (κ2) is 12.5. The number of benzene rings is 1. The number of aryl methyl sites for hydroxylation is 1. The quantitative estimate of drug-likeness (QED) is 0.293. The molecule has 2 N–H and O–H groups in total. The summed E-state index contributed by atoms with van der Waals surface area (Å²) in [6, 6.07) is 6.17. The van der Waals surface area contributed by atoms with Gasteiger partial charge in [0.25, 0.3) is 0 Å². The molecule has 0 heterocycles. The summed E-state index contributed by atoms with van der Waals surface area (Å²) in [6.45, 7) is 7.17. The monoisotopic (exact) mass is 421 g/mol. The number of nitrogens with one attached hydrogen (secondary N) is 2. The normalized spacial score (nSPS) is 10.8. The molecule has 0 aliphatic carbocycles. The van der Waals surface area contributed by atoms with Gasteiger partial charge in [-0.15, -0.1) is 24.0 Å². The zero-order valence-electron chi connectivity index (χ0n) is 13.9. The molecule has 0 saturated carbocycles. The molecule has 0 amide bonds. The summed E-state index contributed by atoms with van der Waals surface area (Å²) in [7, 11) is 3.46. The summed E-state index contributed by atoms with van der Waals surface area (Å²) >= 11 is 0. The molecular formula is C16H28IN3O2. The number of ether oxygens (including phenoxy) is 2. The van der Waals surface area contributed by atoms with Crippen molar-refractivity contribution in [2.24, 2.45) is 4.99 Å². The standard InChI is InChI=1S/C16H27N3O2.HI/c1-5-21-10-6-9-18-16(17-3)19-12-14-7-8-15(20-4)13(2)11-14;/h7-8,11H,5-6,9-10,12H2,1-4H3,(H2,17,18,19);1H. The molecule has 0 bridgehead atoms. The van der Waals surface area contributed by atoms with Gasteiger partial charge in [-0.3, -0.25) is 4.99 Å². The largest absolute Gasteiger partial charge is 0.496 e. The first-order valence-corrected chi connectivity index (χ1v) is 7.37. The van der Waals surface area contributed by atoms with Gasteiger partial charge in [0.2, 0.25) is 0 Å². The summed E-state index contributed by atoms with van der Waals surface area (Å²) in [5, 5.41) is 6.57. The Labute approximate surface area is 150 Å². The first-order chi connectivity index (χ1) is 10.2. The Kier molecular flexibility index (Phi) is 11.9. The van der Waals surface area contributed by atoms with Crippen LogP contribution in [0.25, 0.3) is 0 Å². The van der Waals surface area contributed by atoms with E-state index >= 15 is 0 Å². The van der Waals surface area contributed by atoms with E-state index in [0.29, 0.717) is 0 Å². The van der Waals surface area contributed by atoms with Gasteiger partial charge in [-0.25, -0.2) is 0 Å². The van der Waals surface area contributed by atoms with Crippen molar-refractivity contribution < 1.29 is 9.47 Å². The number of halogens is 1. The zero-order chi connectivity index (χ0) is 15.5. The average molecular weight is 421 g/mol. The topological polar surface area (TPSA) is 54.9 Å².